The molecule has 2 unspecified atom stereocenters. The molecule has 0 fully saturated rings. The molecule has 1 N–H and O–H groups in total. The minimum absolute atomic E-state index is 0.498. The average Bonchev–Trinajstić information content (AvgIpc) is 2.36. The summed E-state index contributed by atoms with van der Waals surface area (Å²) < 4.78 is 0. The van der Waals surface area contributed by atoms with Crippen molar-refractivity contribution in [1.29, 1.82) is 0 Å². The molecule has 1 nitrogen and oxygen atoms in total. The molecule has 0 spiro atoms. The van der Waals surface area contributed by atoms with E-state index < -0.39 is 0 Å². The summed E-state index contributed by atoms with van der Waals surface area (Å²) in [5.41, 5.74) is 4.50. The Balaban J connectivity index is 2.40. The Morgan fingerprint density at radius 3 is 2.50 bits per heavy atom. The van der Waals surface area contributed by atoms with E-state index in [9.17, 15) is 0 Å². The van der Waals surface area contributed by atoms with Gasteiger partial charge in [0.05, 0.1) is 0 Å². The van der Waals surface area contributed by atoms with Crippen LogP contribution in [0.2, 0.25) is 0 Å². The first kappa shape index (κ1) is 14.0. The Morgan fingerprint density at radius 2 is 1.94 bits per heavy atom. The predicted molar refractivity (Wildman–Crippen MR) is 82.3 cm³/mol. The highest BCUT2D eigenvalue weighted by Crippen LogP contribution is 2.41. The van der Waals surface area contributed by atoms with E-state index in [0.29, 0.717) is 23.1 Å². The third-order valence-electron chi connectivity index (χ3n) is 3.90. The standard InChI is InChI=1S/C16H25NS/c1-10(2)12-6-7-13-9-18-16(11(3)4)15(17-5)14(13)8-12/h6-8,10-11,15-17H,9H2,1-5H3. The maximum Gasteiger partial charge on any atom is 0.0443 e. The lowest BCUT2D eigenvalue weighted by molar-refractivity contribution is 0.465. The van der Waals surface area contributed by atoms with Crippen LogP contribution in [0.15, 0.2) is 18.2 Å². The van der Waals surface area contributed by atoms with Gasteiger partial charge in [-0.15, -0.1) is 0 Å². The number of hydrogen-bond donors (Lipinski definition) is 1. The molecular weight excluding hydrogens is 238 g/mol. The fourth-order valence-electron chi connectivity index (χ4n) is 2.75. The zero-order valence-electron chi connectivity index (χ0n) is 12.2. The number of rotatable bonds is 3. The van der Waals surface area contributed by atoms with Gasteiger partial charge < -0.3 is 5.32 Å². The molecule has 0 aromatic heterocycles. The monoisotopic (exact) mass is 263 g/mol. The van der Waals surface area contributed by atoms with Gasteiger partial charge in [-0.1, -0.05) is 45.9 Å². The van der Waals surface area contributed by atoms with Gasteiger partial charge in [-0.05, 0) is 35.6 Å². The van der Waals surface area contributed by atoms with E-state index in [1.165, 1.54) is 16.7 Å². The highest BCUT2D eigenvalue weighted by Gasteiger charge is 2.31. The third kappa shape index (κ3) is 2.60. The smallest absolute Gasteiger partial charge is 0.0443 e. The Kier molecular flexibility index (Phi) is 4.39. The Bertz CT molecular complexity index is 412. The van der Waals surface area contributed by atoms with Gasteiger partial charge in [-0.2, -0.15) is 11.8 Å². The van der Waals surface area contributed by atoms with E-state index in [4.69, 9.17) is 0 Å². The molecule has 1 aromatic carbocycles. The number of hydrogen-bond acceptors (Lipinski definition) is 2. The Morgan fingerprint density at radius 1 is 1.22 bits per heavy atom. The van der Waals surface area contributed by atoms with Crippen molar-refractivity contribution in [2.24, 2.45) is 5.92 Å². The van der Waals surface area contributed by atoms with Crippen molar-refractivity contribution in [1.82, 2.24) is 5.32 Å². The molecule has 2 heteroatoms. The van der Waals surface area contributed by atoms with Crippen molar-refractivity contribution in [3.8, 4) is 0 Å². The van der Waals surface area contributed by atoms with Crippen LogP contribution < -0.4 is 5.32 Å². The van der Waals surface area contributed by atoms with Crippen LogP contribution in [0.25, 0.3) is 0 Å². The second kappa shape index (κ2) is 5.66. The van der Waals surface area contributed by atoms with Crippen molar-refractivity contribution in [2.45, 2.75) is 50.7 Å². The van der Waals surface area contributed by atoms with Crippen LogP contribution in [0.5, 0.6) is 0 Å². The van der Waals surface area contributed by atoms with Crippen molar-refractivity contribution < 1.29 is 0 Å². The largest absolute Gasteiger partial charge is 0.312 e. The molecule has 1 aliphatic heterocycles. The highest BCUT2D eigenvalue weighted by molar-refractivity contribution is 7.99. The van der Waals surface area contributed by atoms with Crippen LogP contribution in [0.1, 0.15) is 56.3 Å². The van der Waals surface area contributed by atoms with Gasteiger partial charge >= 0.3 is 0 Å². The molecule has 0 aliphatic carbocycles. The van der Waals surface area contributed by atoms with E-state index in [2.05, 4.69) is 70.0 Å². The van der Waals surface area contributed by atoms with Gasteiger partial charge in [0.2, 0.25) is 0 Å². The van der Waals surface area contributed by atoms with Crippen molar-refractivity contribution in [3.63, 3.8) is 0 Å². The zero-order chi connectivity index (χ0) is 13.3. The molecule has 1 aromatic rings. The summed E-state index contributed by atoms with van der Waals surface area (Å²) in [6.45, 7) is 9.21. The maximum atomic E-state index is 3.54. The third-order valence-corrected chi connectivity index (χ3v) is 5.58. The summed E-state index contributed by atoms with van der Waals surface area (Å²) in [5.74, 6) is 2.48. The highest BCUT2D eigenvalue weighted by atomic mass is 32.2. The van der Waals surface area contributed by atoms with Gasteiger partial charge in [0.1, 0.15) is 0 Å². The fourth-order valence-corrected chi connectivity index (χ4v) is 4.24. The zero-order valence-corrected chi connectivity index (χ0v) is 13.0. The summed E-state index contributed by atoms with van der Waals surface area (Å²) in [5, 5.41) is 4.22. The average molecular weight is 263 g/mol. The van der Waals surface area contributed by atoms with E-state index in [1.54, 1.807) is 0 Å². The maximum absolute atomic E-state index is 3.54. The van der Waals surface area contributed by atoms with Gasteiger partial charge in [0.15, 0.2) is 0 Å². The number of thioether (sulfide) groups is 1. The SMILES string of the molecule is CNC1c2cc(C(C)C)ccc2CSC1C(C)C. The van der Waals surface area contributed by atoms with Crippen LogP contribution >= 0.6 is 11.8 Å². The molecule has 2 rings (SSSR count). The normalized spacial score (nSPS) is 23.5. The van der Waals surface area contributed by atoms with E-state index >= 15 is 0 Å². The molecule has 0 saturated heterocycles. The molecular formula is C16H25NS. The molecule has 0 saturated carbocycles. The summed E-state index contributed by atoms with van der Waals surface area (Å²) in [6, 6.07) is 7.55. The van der Waals surface area contributed by atoms with Crippen LogP contribution in [0.4, 0.5) is 0 Å². The Labute approximate surface area is 116 Å². The van der Waals surface area contributed by atoms with Crippen molar-refractivity contribution in [2.75, 3.05) is 7.05 Å². The molecule has 0 amide bonds. The topological polar surface area (TPSA) is 12.0 Å². The summed E-state index contributed by atoms with van der Waals surface area (Å²) in [4.78, 5) is 0. The van der Waals surface area contributed by atoms with Crippen LogP contribution in [0, 0.1) is 5.92 Å². The first-order chi connectivity index (χ1) is 8.54. The number of nitrogens with one attached hydrogen (secondary N) is 1. The van der Waals surface area contributed by atoms with Gasteiger partial charge in [0, 0.05) is 17.0 Å². The summed E-state index contributed by atoms with van der Waals surface area (Å²) in [7, 11) is 2.09. The lowest BCUT2D eigenvalue weighted by atomic mass is 9.89. The number of fused-ring (bicyclic) bond motifs is 1. The minimum atomic E-state index is 0.498. The van der Waals surface area contributed by atoms with E-state index in [0.717, 1.165) is 5.75 Å². The fraction of sp³-hybridized carbons (Fsp3) is 0.625. The van der Waals surface area contributed by atoms with Gasteiger partial charge in [-0.25, -0.2) is 0 Å². The predicted octanol–water partition coefficient (Wildman–Crippen LogP) is 4.34. The van der Waals surface area contributed by atoms with Gasteiger partial charge in [-0.3, -0.25) is 0 Å². The molecule has 100 valence electrons. The lowest BCUT2D eigenvalue weighted by Gasteiger charge is -2.36. The first-order valence-electron chi connectivity index (χ1n) is 6.96. The van der Waals surface area contributed by atoms with E-state index in [1.807, 2.05) is 0 Å². The first-order valence-corrected chi connectivity index (χ1v) is 8.01. The molecule has 1 heterocycles. The molecule has 1 aliphatic rings. The van der Waals surface area contributed by atoms with Crippen molar-refractivity contribution in [3.05, 3.63) is 34.9 Å². The quantitative estimate of drug-likeness (QED) is 0.870. The van der Waals surface area contributed by atoms with Gasteiger partial charge in [0.25, 0.3) is 0 Å². The second-order valence-electron chi connectivity index (χ2n) is 5.90. The minimum Gasteiger partial charge on any atom is -0.312 e. The van der Waals surface area contributed by atoms with Crippen LogP contribution in [-0.4, -0.2) is 12.3 Å². The molecule has 0 radical (unpaired) electrons. The van der Waals surface area contributed by atoms with Crippen LogP contribution in [-0.2, 0) is 5.75 Å². The molecule has 2 atom stereocenters. The molecule has 18 heavy (non-hydrogen) atoms. The molecule has 0 bridgehead atoms. The van der Waals surface area contributed by atoms with E-state index in [-0.39, 0.29) is 0 Å². The van der Waals surface area contributed by atoms with Crippen LogP contribution in [0.3, 0.4) is 0 Å². The second-order valence-corrected chi connectivity index (χ2v) is 7.07. The van der Waals surface area contributed by atoms with Crippen molar-refractivity contribution >= 4 is 11.8 Å². The lowest BCUT2D eigenvalue weighted by Crippen LogP contribution is -2.34. The summed E-state index contributed by atoms with van der Waals surface area (Å²) >= 11 is 2.10. The summed E-state index contributed by atoms with van der Waals surface area (Å²) in [6.07, 6.45) is 0. The number of benzene rings is 1. The Hall–Kier alpha value is -0.470.